The molecule has 1 spiro atoms. The quantitative estimate of drug-likeness (QED) is 0.410. The third-order valence-corrected chi connectivity index (χ3v) is 11.0. The summed E-state index contributed by atoms with van der Waals surface area (Å²) >= 11 is 1.64. The fourth-order valence-electron chi connectivity index (χ4n) is 7.27. The summed E-state index contributed by atoms with van der Waals surface area (Å²) in [5, 5.41) is 10.7. The molecule has 3 amide bonds. The Kier molecular flexibility index (Phi) is 8.17. The smallest absolute Gasteiger partial charge is 0.247 e. The molecular weight excluding hydrogens is 534 g/mol. The zero-order chi connectivity index (χ0) is 29.4. The molecule has 0 saturated carbocycles. The van der Waals surface area contributed by atoms with Gasteiger partial charge in [-0.1, -0.05) is 72.8 Å². The van der Waals surface area contributed by atoms with Gasteiger partial charge in [-0.15, -0.1) is 24.9 Å². The topological polar surface area (TPSA) is 81.2 Å². The Hall–Kier alpha value is -3.36. The fraction of sp³-hybridized carbons (Fsp3) is 0.424. The lowest BCUT2D eigenvalue weighted by molar-refractivity contribution is -0.147. The molecule has 1 N–H and O–H groups in total. The molecule has 3 aliphatic heterocycles. The lowest BCUT2D eigenvalue weighted by atomic mass is 9.66. The summed E-state index contributed by atoms with van der Waals surface area (Å²) in [4.78, 5) is 48.3. The molecule has 0 aromatic heterocycles. The highest BCUT2D eigenvalue weighted by Crippen LogP contribution is 2.72. The van der Waals surface area contributed by atoms with Gasteiger partial charge in [0.2, 0.25) is 17.7 Å². The van der Waals surface area contributed by atoms with E-state index in [4.69, 9.17) is 0 Å². The largest absolute Gasteiger partial charge is 0.394 e. The number of aliphatic hydroxyl groups is 1. The molecule has 2 aromatic carbocycles. The second-order valence-electron chi connectivity index (χ2n) is 11.6. The minimum absolute atomic E-state index is 0.0969. The minimum atomic E-state index is -0.838. The molecule has 8 heteroatoms. The molecule has 216 valence electrons. The molecule has 6 atom stereocenters. The molecule has 7 nitrogen and oxygen atoms in total. The number of carbonyl (C=O) groups is 3. The third kappa shape index (κ3) is 4.81. The minimum Gasteiger partial charge on any atom is -0.394 e. The zero-order valence-electron chi connectivity index (χ0n) is 23.8. The van der Waals surface area contributed by atoms with Crippen molar-refractivity contribution in [3.63, 3.8) is 0 Å². The second kappa shape index (κ2) is 11.5. The number of benzene rings is 2. The van der Waals surface area contributed by atoms with Gasteiger partial charge in [0, 0.05) is 31.4 Å². The second-order valence-corrected chi connectivity index (χ2v) is 13.5. The van der Waals surface area contributed by atoms with E-state index in [0.29, 0.717) is 26.1 Å². The van der Waals surface area contributed by atoms with Gasteiger partial charge in [0.25, 0.3) is 0 Å². The number of likely N-dealkylation sites (tertiary alicyclic amines) is 1. The Morgan fingerprint density at radius 3 is 2.29 bits per heavy atom. The molecular formula is C33H39N3O4S. The number of likely N-dealkylation sites (N-methyl/N-ethyl adjacent to an activating group) is 1. The van der Waals surface area contributed by atoms with Crippen molar-refractivity contribution in [3.05, 3.63) is 97.1 Å². The predicted molar refractivity (Wildman–Crippen MR) is 162 cm³/mol. The molecule has 41 heavy (non-hydrogen) atoms. The van der Waals surface area contributed by atoms with Gasteiger partial charge in [-0.05, 0) is 30.9 Å². The van der Waals surface area contributed by atoms with E-state index in [0.717, 1.165) is 17.5 Å². The van der Waals surface area contributed by atoms with Crippen molar-refractivity contribution >= 4 is 29.5 Å². The Morgan fingerprint density at radius 2 is 1.68 bits per heavy atom. The van der Waals surface area contributed by atoms with Gasteiger partial charge < -0.3 is 19.8 Å². The average molecular weight is 574 g/mol. The maximum Gasteiger partial charge on any atom is 0.247 e. The number of nitrogens with zero attached hydrogens (tertiary/aromatic N) is 3. The van der Waals surface area contributed by atoms with E-state index >= 15 is 0 Å². The molecule has 0 aliphatic carbocycles. The van der Waals surface area contributed by atoms with Gasteiger partial charge in [0.15, 0.2) is 0 Å². The average Bonchev–Trinajstić information content (AvgIpc) is 3.55. The first-order valence-electron chi connectivity index (χ1n) is 14.2. The number of thioether (sulfide) groups is 1. The van der Waals surface area contributed by atoms with Gasteiger partial charge in [0.05, 0.1) is 29.2 Å². The van der Waals surface area contributed by atoms with Crippen LogP contribution in [0.5, 0.6) is 0 Å². The maximum atomic E-state index is 14.8. The summed E-state index contributed by atoms with van der Waals surface area (Å²) in [6.45, 7) is 10.5. The van der Waals surface area contributed by atoms with E-state index < -0.39 is 33.4 Å². The summed E-state index contributed by atoms with van der Waals surface area (Å²) in [5.41, 5.74) is 1.73. The van der Waals surface area contributed by atoms with E-state index in [1.807, 2.05) is 60.7 Å². The summed E-state index contributed by atoms with van der Waals surface area (Å²) in [7, 11) is 1.74. The zero-order valence-corrected chi connectivity index (χ0v) is 24.6. The molecule has 3 aliphatic rings. The van der Waals surface area contributed by atoms with Crippen molar-refractivity contribution in [2.75, 3.05) is 26.7 Å². The number of rotatable bonds is 11. The van der Waals surface area contributed by atoms with Gasteiger partial charge in [0.1, 0.15) is 6.04 Å². The Bertz CT molecular complexity index is 1320. The van der Waals surface area contributed by atoms with E-state index in [2.05, 4.69) is 20.1 Å². The number of hydrogen-bond acceptors (Lipinski definition) is 5. The predicted octanol–water partition coefficient (Wildman–Crippen LogP) is 4.06. The molecule has 2 bridgehead atoms. The van der Waals surface area contributed by atoms with E-state index in [-0.39, 0.29) is 24.3 Å². The first-order chi connectivity index (χ1) is 19.7. The van der Waals surface area contributed by atoms with Crippen molar-refractivity contribution in [1.29, 1.82) is 0 Å². The van der Waals surface area contributed by atoms with Crippen LogP contribution in [0.15, 0.2) is 86.0 Å². The molecule has 0 radical (unpaired) electrons. The van der Waals surface area contributed by atoms with E-state index in [9.17, 15) is 19.5 Å². The summed E-state index contributed by atoms with van der Waals surface area (Å²) < 4.78 is -1.25. The molecule has 3 saturated heterocycles. The highest BCUT2D eigenvalue weighted by atomic mass is 32.2. The fourth-order valence-corrected chi connectivity index (χ4v) is 9.60. The van der Waals surface area contributed by atoms with Crippen molar-refractivity contribution in [3.8, 4) is 0 Å². The Morgan fingerprint density at radius 1 is 1.05 bits per heavy atom. The SMILES string of the molecule is C=CCN(C)C(=O)[C@@H]1[C@H]2C(=O)N([C@H](CO)c3ccccc3)C(C(=O)N(CC=C)Cc3ccccc3)C23CC[C@@]1(C)S3. The number of aliphatic hydroxyl groups excluding tert-OH is 1. The van der Waals surface area contributed by atoms with Crippen molar-refractivity contribution in [2.45, 2.75) is 47.9 Å². The highest BCUT2D eigenvalue weighted by Gasteiger charge is 2.78. The summed E-state index contributed by atoms with van der Waals surface area (Å²) in [6, 6.07) is 17.6. The van der Waals surface area contributed by atoms with Gasteiger partial charge in [-0.2, -0.15) is 0 Å². The summed E-state index contributed by atoms with van der Waals surface area (Å²) in [5.74, 6) is -1.74. The number of carbonyl (C=O) groups excluding carboxylic acids is 3. The first kappa shape index (κ1) is 29.1. The highest BCUT2D eigenvalue weighted by molar-refractivity contribution is 8.02. The van der Waals surface area contributed by atoms with Crippen LogP contribution in [0.2, 0.25) is 0 Å². The van der Waals surface area contributed by atoms with Crippen LogP contribution in [0.25, 0.3) is 0 Å². The number of hydrogen-bond donors (Lipinski definition) is 1. The van der Waals surface area contributed by atoms with Crippen LogP contribution in [0.3, 0.4) is 0 Å². The monoisotopic (exact) mass is 573 g/mol. The normalized spacial score (nSPS) is 28.7. The van der Waals surface area contributed by atoms with Crippen molar-refractivity contribution < 1.29 is 19.5 Å². The summed E-state index contributed by atoms with van der Waals surface area (Å²) in [6.07, 6.45) is 4.76. The number of amides is 3. The lowest BCUT2D eigenvalue weighted by Gasteiger charge is -2.39. The molecule has 3 fully saturated rings. The van der Waals surface area contributed by atoms with Crippen LogP contribution in [0, 0.1) is 11.8 Å². The van der Waals surface area contributed by atoms with E-state index in [1.165, 1.54) is 0 Å². The Labute approximate surface area is 246 Å². The lowest BCUT2D eigenvalue weighted by Crippen LogP contribution is -2.55. The molecule has 5 rings (SSSR count). The van der Waals surface area contributed by atoms with Crippen molar-refractivity contribution in [2.24, 2.45) is 11.8 Å². The van der Waals surface area contributed by atoms with Crippen LogP contribution in [-0.4, -0.2) is 79.8 Å². The van der Waals surface area contributed by atoms with Gasteiger partial charge >= 0.3 is 0 Å². The molecule has 2 unspecified atom stereocenters. The first-order valence-corrected chi connectivity index (χ1v) is 15.0. The molecule has 2 aromatic rings. The van der Waals surface area contributed by atoms with Crippen LogP contribution >= 0.6 is 11.8 Å². The van der Waals surface area contributed by atoms with Crippen LogP contribution in [-0.2, 0) is 20.9 Å². The van der Waals surface area contributed by atoms with Crippen LogP contribution in [0.4, 0.5) is 0 Å². The maximum absolute atomic E-state index is 14.8. The standard InChI is InChI=1S/C33H39N3O4S/c1-5-19-34(4)29(38)26-27-30(39)36(25(22-37)24-15-11-8-12-16-24)28(33(27)18-17-32(26,3)41-33)31(40)35(20-6-2)21-23-13-9-7-10-14-23/h5-16,25-28,37H,1-2,17-22H2,3-4H3/t25-,26+,27+,28?,32-,33?/m1/s1. The molecule has 3 heterocycles. The third-order valence-electron chi connectivity index (χ3n) is 9.06. The van der Waals surface area contributed by atoms with Crippen molar-refractivity contribution in [1.82, 2.24) is 14.7 Å². The van der Waals surface area contributed by atoms with Gasteiger partial charge in [-0.3, -0.25) is 14.4 Å². The van der Waals surface area contributed by atoms with Crippen LogP contribution < -0.4 is 0 Å². The van der Waals surface area contributed by atoms with Gasteiger partial charge in [-0.25, -0.2) is 0 Å². The van der Waals surface area contributed by atoms with E-state index in [1.54, 1.807) is 45.7 Å². The van der Waals surface area contributed by atoms with Crippen LogP contribution in [0.1, 0.15) is 36.9 Å². The number of fused-ring (bicyclic) bond motifs is 1. The Balaban J connectivity index is 1.63.